The number of anilines is 1. The first-order valence-electron chi connectivity index (χ1n) is 7.73. The van der Waals surface area contributed by atoms with Crippen molar-refractivity contribution < 1.29 is 19.2 Å². The van der Waals surface area contributed by atoms with Crippen LogP contribution in [-0.2, 0) is 9.59 Å². The highest BCUT2D eigenvalue weighted by Crippen LogP contribution is 2.38. The summed E-state index contributed by atoms with van der Waals surface area (Å²) in [6.45, 7) is 0. The molecule has 1 saturated heterocycles. The summed E-state index contributed by atoms with van der Waals surface area (Å²) in [6.07, 6.45) is 0.562. The zero-order valence-electron chi connectivity index (χ0n) is 13.8. The quantitative estimate of drug-likeness (QED) is 0.326. The number of imide groups is 2. The molecule has 1 aromatic carbocycles. The summed E-state index contributed by atoms with van der Waals surface area (Å²) in [5.41, 5.74) is 4.89. The second-order valence-electron chi connectivity index (χ2n) is 7.16. The number of benzene rings is 1. The van der Waals surface area contributed by atoms with Crippen LogP contribution in [0.1, 0.15) is 33.6 Å². The average molecular weight is 323 g/mol. The molecule has 0 unspecified atom stereocenters. The molecule has 4 amide bonds. The summed E-state index contributed by atoms with van der Waals surface area (Å²) >= 11 is 0. The number of hydrogen-bond donors (Lipinski definition) is 2. The van der Waals surface area contributed by atoms with E-state index in [1.54, 1.807) is 21.8 Å². The Kier molecular flexibility index (Phi) is 3.40. The van der Waals surface area contributed by atoms with Crippen LogP contribution in [0.2, 0.25) is 5.21 Å². The van der Waals surface area contributed by atoms with Crippen LogP contribution in [0, 0.1) is 0 Å². The van der Waals surface area contributed by atoms with Crippen LogP contribution in [0.3, 0.4) is 0 Å². The maximum atomic E-state index is 12.8. The summed E-state index contributed by atoms with van der Waals surface area (Å²) in [7, 11) is 4.96. The summed E-state index contributed by atoms with van der Waals surface area (Å²) in [4.78, 5) is 51.3. The molecule has 7 nitrogen and oxygen atoms in total. The van der Waals surface area contributed by atoms with E-state index in [2.05, 4.69) is 5.32 Å². The van der Waals surface area contributed by atoms with Gasteiger partial charge in [-0.25, -0.2) is 0 Å². The summed E-state index contributed by atoms with van der Waals surface area (Å²) in [5, 5.41) is 1.57. The third-order valence-corrected chi connectivity index (χ3v) is 5.01. The Morgan fingerprint density at radius 2 is 1.67 bits per heavy atom. The van der Waals surface area contributed by atoms with E-state index in [4.69, 9.17) is 5.73 Å². The summed E-state index contributed by atoms with van der Waals surface area (Å²) in [5.74, 6) is -2.22. The highest BCUT2D eigenvalue weighted by Gasteiger charge is 2.53. The van der Waals surface area contributed by atoms with Gasteiger partial charge in [0.1, 0.15) is 23.5 Å². The molecule has 3 rings (SSSR count). The van der Waals surface area contributed by atoms with E-state index in [1.807, 2.05) is 0 Å². The molecule has 2 heterocycles. The van der Waals surface area contributed by atoms with Crippen LogP contribution >= 0.6 is 0 Å². The SMILES string of the molecule is BC1(B)CC[C@@](B)(N2C(=O)c3cccc(N)c3C2=O)C(=O)NC1=O. The fourth-order valence-corrected chi connectivity index (χ4v) is 3.16. The molecule has 2 aliphatic rings. The largest absolute Gasteiger partial charge is 0.398 e. The number of nitrogens with two attached hydrogens (primary N) is 1. The maximum Gasteiger partial charge on any atom is 0.263 e. The molecule has 0 saturated carbocycles. The predicted molar refractivity (Wildman–Crippen MR) is 94.8 cm³/mol. The van der Waals surface area contributed by atoms with E-state index in [1.165, 1.54) is 20.0 Å². The van der Waals surface area contributed by atoms with Gasteiger partial charge in [-0.15, -0.1) is 0 Å². The van der Waals surface area contributed by atoms with Crippen molar-refractivity contribution >= 4 is 52.9 Å². The summed E-state index contributed by atoms with van der Waals surface area (Å²) < 4.78 is 0. The number of rotatable bonds is 1. The minimum Gasteiger partial charge on any atom is -0.398 e. The standard InChI is InChI=1S/C14H16B3N3O4/c15-13(16)4-5-14(17,12(24)19-11(13)23)20-9(21)6-2-1-3-7(18)8(6)10(20)22/h1-3H,4-5,15-18H2,(H,19,23,24)/t14-/m1/s1. The van der Waals surface area contributed by atoms with Crippen molar-refractivity contribution in [2.75, 3.05) is 5.73 Å². The first kappa shape index (κ1) is 16.4. The van der Waals surface area contributed by atoms with Gasteiger partial charge in [-0.2, -0.15) is 0 Å². The van der Waals surface area contributed by atoms with Crippen LogP contribution in [0.25, 0.3) is 0 Å². The number of nitrogens with one attached hydrogen (secondary N) is 1. The van der Waals surface area contributed by atoms with Gasteiger partial charge in [0.05, 0.1) is 16.6 Å². The molecule has 120 valence electrons. The van der Waals surface area contributed by atoms with Crippen LogP contribution in [0.5, 0.6) is 0 Å². The van der Waals surface area contributed by atoms with E-state index >= 15 is 0 Å². The molecule has 1 aromatic rings. The second kappa shape index (κ2) is 4.99. The van der Waals surface area contributed by atoms with Crippen LogP contribution in [0.15, 0.2) is 18.2 Å². The third-order valence-electron chi connectivity index (χ3n) is 5.01. The number of nitrogens with zero attached hydrogens (tertiary/aromatic N) is 1. The third kappa shape index (κ3) is 2.09. The van der Waals surface area contributed by atoms with Crippen molar-refractivity contribution in [3.8, 4) is 0 Å². The molecule has 0 aliphatic carbocycles. The highest BCUT2D eigenvalue weighted by atomic mass is 16.2. The van der Waals surface area contributed by atoms with Gasteiger partial charge < -0.3 is 5.73 Å². The Hall–Kier alpha value is -2.51. The van der Waals surface area contributed by atoms with Gasteiger partial charge in [0.25, 0.3) is 11.8 Å². The van der Waals surface area contributed by atoms with E-state index in [-0.39, 0.29) is 23.2 Å². The molecule has 1 fully saturated rings. The molecule has 0 bridgehead atoms. The number of carbonyl (C=O) groups is 4. The van der Waals surface area contributed by atoms with Crippen LogP contribution < -0.4 is 11.1 Å². The van der Waals surface area contributed by atoms with Gasteiger partial charge in [0, 0.05) is 5.69 Å². The maximum absolute atomic E-state index is 12.8. The number of hydrogen-bond acceptors (Lipinski definition) is 5. The smallest absolute Gasteiger partial charge is 0.263 e. The lowest BCUT2D eigenvalue weighted by molar-refractivity contribution is -0.133. The minimum atomic E-state index is -1.44. The Morgan fingerprint density at radius 1 is 1.00 bits per heavy atom. The van der Waals surface area contributed by atoms with Crippen LogP contribution in [0.4, 0.5) is 5.69 Å². The number of amides is 4. The lowest BCUT2D eigenvalue weighted by Crippen LogP contribution is -2.61. The lowest BCUT2D eigenvalue weighted by Gasteiger charge is -2.35. The topological polar surface area (TPSA) is 110 Å². The molecule has 10 heteroatoms. The average Bonchev–Trinajstić information content (AvgIpc) is 2.73. The molecule has 0 radical (unpaired) electrons. The first-order valence-corrected chi connectivity index (χ1v) is 7.73. The first-order chi connectivity index (χ1) is 11.1. The van der Waals surface area contributed by atoms with Gasteiger partial charge in [0.15, 0.2) is 0 Å². The predicted octanol–water partition coefficient (Wildman–Crippen LogP) is -2.99. The molecule has 2 aliphatic heterocycles. The van der Waals surface area contributed by atoms with Gasteiger partial charge in [-0.3, -0.25) is 29.4 Å². The Morgan fingerprint density at radius 3 is 2.29 bits per heavy atom. The number of fused-ring (bicyclic) bond motifs is 1. The van der Waals surface area contributed by atoms with Gasteiger partial charge in [-0.1, -0.05) is 12.5 Å². The molecule has 0 spiro atoms. The van der Waals surface area contributed by atoms with Crippen LogP contribution in [-0.4, -0.2) is 57.5 Å². The Balaban J connectivity index is 2.07. The highest BCUT2D eigenvalue weighted by molar-refractivity contribution is 6.52. The Labute approximate surface area is 141 Å². The van der Waals surface area contributed by atoms with Gasteiger partial charge >= 0.3 is 0 Å². The normalized spacial score (nSPS) is 26.1. The van der Waals surface area contributed by atoms with Crippen molar-refractivity contribution in [2.45, 2.75) is 23.5 Å². The molecule has 1 atom stereocenters. The second-order valence-corrected chi connectivity index (χ2v) is 7.16. The van der Waals surface area contributed by atoms with Gasteiger partial charge in [-0.05, 0) is 23.8 Å². The molecule has 0 aromatic heterocycles. The van der Waals surface area contributed by atoms with E-state index in [9.17, 15) is 19.2 Å². The van der Waals surface area contributed by atoms with Crippen molar-refractivity contribution in [1.29, 1.82) is 0 Å². The number of nitrogen functional groups attached to an aromatic ring is 1. The summed E-state index contributed by atoms with van der Waals surface area (Å²) in [6, 6.07) is 4.64. The monoisotopic (exact) mass is 323 g/mol. The minimum absolute atomic E-state index is 0.117. The van der Waals surface area contributed by atoms with E-state index in [0.29, 0.717) is 6.42 Å². The van der Waals surface area contributed by atoms with Crippen molar-refractivity contribution in [1.82, 2.24) is 10.2 Å². The number of carbonyl (C=O) groups excluding carboxylic acids is 4. The van der Waals surface area contributed by atoms with E-state index < -0.39 is 34.3 Å². The molecule has 24 heavy (non-hydrogen) atoms. The fourth-order valence-electron chi connectivity index (χ4n) is 3.16. The molecule has 3 N–H and O–H groups in total. The van der Waals surface area contributed by atoms with Crippen molar-refractivity contribution in [3.05, 3.63) is 29.3 Å². The molecular formula is C14H16B3N3O4. The zero-order valence-corrected chi connectivity index (χ0v) is 13.8. The Bertz CT molecular complexity index is 810. The molecular weight excluding hydrogens is 307 g/mol. The van der Waals surface area contributed by atoms with E-state index in [0.717, 1.165) is 4.90 Å². The fraction of sp³-hybridized carbons (Fsp3) is 0.286. The lowest BCUT2D eigenvalue weighted by atomic mass is 9.51. The van der Waals surface area contributed by atoms with Crippen molar-refractivity contribution in [3.63, 3.8) is 0 Å². The van der Waals surface area contributed by atoms with Gasteiger partial charge in [0.2, 0.25) is 11.8 Å². The van der Waals surface area contributed by atoms with Crippen molar-refractivity contribution in [2.24, 2.45) is 0 Å². The zero-order chi connectivity index (χ0) is 17.9.